The van der Waals surface area contributed by atoms with Crippen LogP contribution in [0.1, 0.15) is 18.2 Å². The minimum absolute atomic E-state index is 0.0418. The fraction of sp³-hybridized carbons (Fsp3) is 0.412. The quantitative estimate of drug-likeness (QED) is 0.752. The number of alkyl halides is 3. The van der Waals surface area contributed by atoms with Gasteiger partial charge in [0.2, 0.25) is 0 Å². The van der Waals surface area contributed by atoms with Crippen LogP contribution in [-0.4, -0.2) is 48.6 Å². The molecular weight excluding hydrogens is 415 g/mol. The normalized spacial score (nSPS) is 18.4. The molecule has 0 bridgehead atoms. The molecule has 0 unspecified atom stereocenters. The smallest absolute Gasteiger partial charge is 0.484 e. The van der Waals surface area contributed by atoms with Crippen LogP contribution in [0.4, 0.5) is 19.0 Å². The molecule has 1 N–H and O–H groups in total. The third kappa shape index (κ3) is 5.86. The number of sulfone groups is 1. The van der Waals surface area contributed by atoms with Gasteiger partial charge in [0, 0.05) is 6.07 Å². The Morgan fingerprint density at radius 2 is 1.93 bits per heavy atom. The van der Waals surface area contributed by atoms with Gasteiger partial charge in [0.05, 0.1) is 23.2 Å². The highest BCUT2D eigenvalue weighted by atomic mass is 32.2. The number of carbonyl (C=O) groups excluding carboxylic acids is 1. The van der Waals surface area contributed by atoms with Crippen molar-refractivity contribution in [2.24, 2.45) is 0 Å². The summed E-state index contributed by atoms with van der Waals surface area (Å²) in [5.74, 6) is -0.364. The maximum Gasteiger partial charge on any atom is 0.573 e. The fourth-order valence-corrected chi connectivity index (χ4v) is 4.61. The van der Waals surface area contributed by atoms with E-state index in [1.165, 1.54) is 16.8 Å². The standard InChI is InChI=1S/C17H18F3N3O5S/c1-11-8-15(23(22-11)12-6-7-29(25,26)10-12)21-16(24)9-27-13-2-4-14(5-3-13)28-17(18,19)20/h2-5,8,12H,6-7,9-10H2,1H3,(H,21,24)/t12-/m1/s1. The molecule has 8 nitrogen and oxygen atoms in total. The van der Waals surface area contributed by atoms with Crippen molar-refractivity contribution in [1.82, 2.24) is 9.78 Å². The Bertz CT molecular complexity index is 987. The Hall–Kier alpha value is -2.76. The number of nitrogens with one attached hydrogen (secondary N) is 1. The summed E-state index contributed by atoms with van der Waals surface area (Å²) in [5.41, 5.74) is 0.616. The molecule has 1 aromatic heterocycles. The van der Waals surface area contributed by atoms with Gasteiger partial charge in [-0.2, -0.15) is 5.10 Å². The van der Waals surface area contributed by atoms with Crippen LogP contribution in [0.15, 0.2) is 30.3 Å². The van der Waals surface area contributed by atoms with Crippen molar-refractivity contribution in [2.45, 2.75) is 25.7 Å². The minimum Gasteiger partial charge on any atom is -0.484 e. The first-order chi connectivity index (χ1) is 13.5. The predicted molar refractivity (Wildman–Crippen MR) is 96.5 cm³/mol. The lowest BCUT2D eigenvalue weighted by Gasteiger charge is -2.14. The second kappa shape index (κ2) is 7.93. The van der Waals surface area contributed by atoms with Crippen molar-refractivity contribution >= 4 is 21.6 Å². The van der Waals surface area contributed by atoms with Gasteiger partial charge in [-0.15, -0.1) is 13.2 Å². The molecule has 0 radical (unpaired) electrons. The van der Waals surface area contributed by atoms with Gasteiger partial charge in [0.15, 0.2) is 16.4 Å². The molecule has 0 saturated carbocycles. The average molecular weight is 433 g/mol. The van der Waals surface area contributed by atoms with Gasteiger partial charge in [0.25, 0.3) is 5.91 Å². The largest absolute Gasteiger partial charge is 0.573 e. The Balaban J connectivity index is 1.58. The molecule has 29 heavy (non-hydrogen) atoms. The van der Waals surface area contributed by atoms with Crippen LogP contribution in [-0.2, 0) is 14.6 Å². The van der Waals surface area contributed by atoms with Crippen molar-refractivity contribution in [2.75, 3.05) is 23.4 Å². The lowest BCUT2D eigenvalue weighted by Crippen LogP contribution is -2.23. The monoisotopic (exact) mass is 433 g/mol. The van der Waals surface area contributed by atoms with Gasteiger partial charge >= 0.3 is 6.36 Å². The molecule has 158 valence electrons. The Kier molecular flexibility index (Phi) is 5.73. The molecule has 12 heteroatoms. The van der Waals surface area contributed by atoms with Crippen molar-refractivity contribution in [3.63, 3.8) is 0 Å². The van der Waals surface area contributed by atoms with Gasteiger partial charge in [-0.25, -0.2) is 13.1 Å². The van der Waals surface area contributed by atoms with Crippen LogP contribution >= 0.6 is 0 Å². The highest BCUT2D eigenvalue weighted by molar-refractivity contribution is 7.91. The number of amides is 1. The van der Waals surface area contributed by atoms with Crippen LogP contribution in [0.5, 0.6) is 11.5 Å². The van der Waals surface area contributed by atoms with Crippen LogP contribution in [0.2, 0.25) is 0 Å². The molecule has 2 aromatic rings. The molecule has 1 fully saturated rings. The van der Waals surface area contributed by atoms with E-state index in [0.29, 0.717) is 17.9 Å². The number of carbonyl (C=O) groups is 1. The first kappa shape index (κ1) is 21.0. The van der Waals surface area contributed by atoms with E-state index in [4.69, 9.17) is 4.74 Å². The third-order valence-electron chi connectivity index (χ3n) is 4.11. The summed E-state index contributed by atoms with van der Waals surface area (Å²) >= 11 is 0. The van der Waals surface area contributed by atoms with E-state index in [0.717, 1.165) is 12.1 Å². The number of hydrogen-bond donors (Lipinski definition) is 1. The van der Waals surface area contributed by atoms with E-state index < -0.39 is 34.5 Å². The summed E-state index contributed by atoms with van der Waals surface area (Å²) in [5, 5.41) is 6.88. The van der Waals surface area contributed by atoms with E-state index >= 15 is 0 Å². The zero-order chi connectivity index (χ0) is 21.2. The van der Waals surface area contributed by atoms with Crippen LogP contribution in [0.25, 0.3) is 0 Å². The van der Waals surface area contributed by atoms with Crippen LogP contribution in [0.3, 0.4) is 0 Å². The number of halogens is 3. The van der Waals surface area contributed by atoms with Crippen molar-refractivity contribution in [3.8, 4) is 11.5 Å². The van der Waals surface area contributed by atoms with Crippen molar-refractivity contribution in [3.05, 3.63) is 36.0 Å². The Labute approximate surface area is 164 Å². The lowest BCUT2D eigenvalue weighted by atomic mass is 10.3. The molecule has 0 spiro atoms. The number of benzene rings is 1. The SMILES string of the molecule is Cc1cc(NC(=O)COc2ccc(OC(F)(F)F)cc2)n([C@@H]2CCS(=O)(=O)C2)n1. The van der Waals surface area contributed by atoms with E-state index in [2.05, 4.69) is 15.2 Å². The first-order valence-corrected chi connectivity index (χ1v) is 10.4. The Morgan fingerprint density at radius 3 is 2.52 bits per heavy atom. The zero-order valence-electron chi connectivity index (χ0n) is 15.3. The number of aromatic nitrogens is 2. The molecule has 1 aliphatic heterocycles. The third-order valence-corrected chi connectivity index (χ3v) is 5.86. The number of hydrogen-bond acceptors (Lipinski definition) is 6. The molecule has 3 rings (SSSR count). The number of anilines is 1. The van der Waals surface area contributed by atoms with Gasteiger partial charge in [-0.05, 0) is 37.6 Å². The average Bonchev–Trinajstić information content (AvgIpc) is 3.14. The predicted octanol–water partition coefficient (Wildman–Crippen LogP) is 2.47. The van der Waals surface area contributed by atoms with Crippen molar-refractivity contribution in [1.29, 1.82) is 0 Å². The Morgan fingerprint density at radius 1 is 1.28 bits per heavy atom. The maximum absolute atomic E-state index is 12.2. The summed E-state index contributed by atoms with van der Waals surface area (Å²) in [4.78, 5) is 12.2. The molecule has 1 atom stereocenters. The topological polar surface area (TPSA) is 99.5 Å². The summed E-state index contributed by atoms with van der Waals surface area (Å²) in [6, 6.07) is 5.88. The summed E-state index contributed by atoms with van der Waals surface area (Å²) in [6.45, 7) is 1.32. The highest BCUT2D eigenvalue weighted by Crippen LogP contribution is 2.27. The molecule has 1 amide bonds. The molecule has 1 aliphatic rings. The van der Waals surface area contributed by atoms with Crippen LogP contribution < -0.4 is 14.8 Å². The lowest BCUT2D eigenvalue weighted by molar-refractivity contribution is -0.274. The van der Waals surface area contributed by atoms with E-state index in [9.17, 15) is 26.4 Å². The van der Waals surface area contributed by atoms with Gasteiger partial charge < -0.3 is 14.8 Å². The molecule has 1 aromatic carbocycles. The van der Waals surface area contributed by atoms with Crippen LogP contribution in [0, 0.1) is 6.92 Å². The summed E-state index contributed by atoms with van der Waals surface area (Å²) in [7, 11) is -3.12. The number of rotatable bonds is 6. The van der Waals surface area contributed by atoms with E-state index in [-0.39, 0.29) is 23.3 Å². The maximum atomic E-state index is 12.2. The second-order valence-corrected chi connectivity index (χ2v) is 8.76. The molecule has 2 heterocycles. The minimum atomic E-state index is -4.79. The van der Waals surface area contributed by atoms with Gasteiger partial charge in [0.1, 0.15) is 17.3 Å². The number of nitrogens with zero attached hydrogens (tertiary/aromatic N) is 2. The zero-order valence-corrected chi connectivity index (χ0v) is 16.1. The summed E-state index contributed by atoms with van der Waals surface area (Å²) < 4.78 is 70.3. The number of aryl methyl sites for hydroxylation is 1. The summed E-state index contributed by atoms with van der Waals surface area (Å²) in [6.07, 6.45) is -4.38. The number of ether oxygens (including phenoxy) is 2. The van der Waals surface area contributed by atoms with Crippen molar-refractivity contribution < 1.29 is 35.9 Å². The van der Waals surface area contributed by atoms with E-state index in [1.807, 2.05) is 0 Å². The van der Waals surface area contributed by atoms with Gasteiger partial charge in [-0.1, -0.05) is 0 Å². The second-order valence-electron chi connectivity index (χ2n) is 6.53. The van der Waals surface area contributed by atoms with Gasteiger partial charge in [-0.3, -0.25) is 4.79 Å². The first-order valence-electron chi connectivity index (χ1n) is 8.56. The molecular formula is C17H18F3N3O5S. The molecule has 0 aliphatic carbocycles. The highest BCUT2D eigenvalue weighted by Gasteiger charge is 2.32. The fourth-order valence-electron chi connectivity index (χ4n) is 2.92. The van der Waals surface area contributed by atoms with E-state index in [1.54, 1.807) is 13.0 Å². The molecule has 1 saturated heterocycles.